The molecule has 1 heterocycles. The van der Waals surface area contributed by atoms with Crippen LogP contribution in [-0.2, 0) is 9.53 Å². The molecule has 1 N–H and O–H groups in total. The van der Waals surface area contributed by atoms with Gasteiger partial charge in [0.2, 0.25) is 0 Å². The summed E-state index contributed by atoms with van der Waals surface area (Å²) < 4.78 is 7.10. The van der Waals surface area contributed by atoms with Crippen LogP contribution in [0.5, 0.6) is 0 Å². The van der Waals surface area contributed by atoms with Crippen molar-refractivity contribution < 1.29 is 14.1 Å². The summed E-state index contributed by atoms with van der Waals surface area (Å²) in [5.41, 5.74) is 0.504. The van der Waals surface area contributed by atoms with Gasteiger partial charge in [0, 0.05) is 17.9 Å². The number of rotatable bonds is 6. The van der Waals surface area contributed by atoms with Crippen molar-refractivity contribution in [3.8, 4) is 0 Å². The van der Waals surface area contributed by atoms with Gasteiger partial charge in [-0.1, -0.05) is 18.3 Å². The molecular weight excluding hydrogens is 280 g/mol. The molecule has 19 heavy (non-hydrogen) atoms. The Kier molecular flexibility index (Phi) is 7.03. The van der Waals surface area contributed by atoms with Crippen LogP contribution in [0.4, 0.5) is 0 Å². The smallest absolute Gasteiger partial charge is 0.306 e. The molecule has 0 aliphatic heterocycles. The summed E-state index contributed by atoms with van der Waals surface area (Å²) in [6.45, 7) is 2.16. The van der Waals surface area contributed by atoms with Crippen molar-refractivity contribution in [3.63, 3.8) is 0 Å². The van der Waals surface area contributed by atoms with Gasteiger partial charge in [0.15, 0.2) is 16.6 Å². The van der Waals surface area contributed by atoms with E-state index in [-0.39, 0.29) is 5.97 Å². The van der Waals surface area contributed by atoms with E-state index in [9.17, 15) is 4.79 Å². The molecular formula is C13H15N2O2S2+. The van der Waals surface area contributed by atoms with Gasteiger partial charge in [0.05, 0.1) is 18.9 Å². The van der Waals surface area contributed by atoms with Gasteiger partial charge in [-0.2, -0.15) is 4.57 Å². The third kappa shape index (κ3) is 5.34. The van der Waals surface area contributed by atoms with Crippen molar-refractivity contribution in [2.75, 3.05) is 12.4 Å². The molecule has 1 aromatic heterocycles. The van der Waals surface area contributed by atoms with Crippen LogP contribution >= 0.6 is 24.0 Å². The van der Waals surface area contributed by atoms with E-state index in [2.05, 4.69) is 5.87 Å². The van der Waals surface area contributed by atoms with Gasteiger partial charge < -0.3 is 4.74 Å². The lowest BCUT2D eigenvalue weighted by Gasteiger charge is -2.02. The molecule has 0 spiro atoms. The van der Waals surface area contributed by atoms with Crippen molar-refractivity contribution >= 4 is 45.7 Å². The number of nitrogens with one attached hydrogen (secondary N) is 1. The van der Waals surface area contributed by atoms with E-state index < -0.39 is 0 Å². The van der Waals surface area contributed by atoms with Crippen LogP contribution in [0.3, 0.4) is 0 Å². The fraction of sp³-hybridized carbons (Fsp3) is 0.308. The summed E-state index contributed by atoms with van der Waals surface area (Å²) in [6.07, 6.45) is 3.91. The lowest BCUT2D eigenvalue weighted by molar-refractivity contribution is -0.574. The number of nitrogens with zero attached hydrogens (tertiary/aromatic N) is 1. The molecule has 0 unspecified atom stereocenters. The zero-order valence-corrected chi connectivity index (χ0v) is 12.2. The average molecular weight is 295 g/mol. The van der Waals surface area contributed by atoms with Gasteiger partial charge in [-0.05, 0) is 6.92 Å². The predicted octanol–water partition coefficient (Wildman–Crippen LogP) is 2.08. The molecule has 0 aliphatic rings. The second kappa shape index (κ2) is 8.58. The third-order valence-corrected chi connectivity index (χ3v) is 3.54. The summed E-state index contributed by atoms with van der Waals surface area (Å²) in [5.74, 6) is 2.64. The molecule has 0 aromatic carbocycles. The highest BCUT2D eigenvalue weighted by atomic mass is 32.2. The minimum Gasteiger partial charge on any atom is -0.466 e. The Balaban J connectivity index is 2.53. The predicted molar refractivity (Wildman–Crippen MR) is 80.4 cm³/mol. The summed E-state index contributed by atoms with van der Waals surface area (Å²) in [6, 6.07) is 5.58. The van der Waals surface area contributed by atoms with Crippen LogP contribution in [0.15, 0.2) is 30.6 Å². The minimum absolute atomic E-state index is 0.231. The van der Waals surface area contributed by atoms with Crippen LogP contribution in [0.2, 0.25) is 0 Å². The molecule has 1 rings (SSSR count). The van der Waals surface area contributed by atoms with Gasteiger partial charge in [-0.3, -0.25) is 10.2 Å². The van der Waals surface area contributed by atoms with Crippen molar-refractivity contribution in [1.29, 1.82) is 5.41 Å². The van der Waals surface area contributed by atoms with Gasteiger partial charge in [-0.25, -0.2) is 0 Å². The van der Waals surface area contributed by atoms with Crippen molar-refractivity contribution in [1.82, 2.24) is 0 Å². The summed E-state index contributed by atoms with van der Waals surface area (Å²) in [5, 5.41) is 7.31. The number of carbonyl (C=O) groups is 1. The van der Waals surface area contributed by atoms with Gasteiger partial charge >= 0.3 is 5.97 Å². The SMILES string of the molecule is CCOC(=O)CCSC(=S)C(=C=N)[n+]1ccccc1. The largest absolute Gasteiger partial charge is 0.466 e. The minimum atomic E-state index is -0.231. The number of thioether (sulfide) groups is 1. The maximum atomic E-state index is 11.2. The lowest BCUT2D eigenvalue weighted by atomic mass is 10.4. The zero-order chi connectivity index (χ0) is 14.1. The normalized spacial score (nSPS) is 9.53. The van der Waals surface area contributed by atoms with E-state index in [1.54, 1.807) is 23.9 Å². The Morgan fingerprint density at radius 2 is 2.11 bits per heavy atom. The van der Waals surface area contributed by atoms with Crippen LogP contribution in [0, 0.1) is 5.41 Å². The quantitative estimate of drug-likeness (QED) is 0.287. The van der Waals surface area contributed by atoms with E-state index in [1.807, 2.05) is 18.2 Å². The van der Waals surface area contributed by atoms with Gasteiger partial charge in [0.1, 0.15) is 0 Å². The van der Waals surface area contributed by atoms with E-state index in [0.717, 1.165) is 0 Å². The van der Waals surface area contributed by atoms with Crippen LogP contribution < -0.4 is 4.57 Å². The van der Waals surface area contributed by atoms with Crippen LogP contribution in [0.25, 0.3) is 5.70 Å². The number of carbonyl (C=O) groups excluding carboxylic acids is 1. The van der Waals surface area contributed by atoms with Gasteiger partial charge in [-0.15, -0.1) is 11.8 Å². The number of pyridine rings is 1. The van der Waals surface area contributed by atoms with E-state index >= 15 is 0 Å². The average Bonchev–Trinajstić information content (AvgIpc) is 2.41. The highest BCUT2D eigenvalue weighted by Gasteiger charge is 2.16. The van der Waals surface area contributed by atoms with E-state index in [4.69, 9.17) is 22.4 Å². The van der Waals surface area contributed by atoms with E-state index in [1.165, 1.54) is 11.8 Å². The van der Waals surface area contributed by atoms with Crippen LogP contribution in [-0.4, -0.2) is 28.4 Å². The number of ether oxygens (including phenoxy) is 1. The fourth-order valence-corrected chi connectivity index (χ4v) is 2.45. The Morgan fingerprint density at radius 1 is 1.42 bits per heavy atom. The molecule has 0 fully saturated rings. The molecule has 0 saturated heterocycles. The first-order chi connectivity index (χ1) is 9.19. The Hall–Kier alpha value is -1.49. The first-order valence-electron chi connectivity index (χ1n) is 5.78. The molecule has 0 aliphatic carbocycles. The summed E-state index contributed by atoms with van der Waals surface area (Å²) >= 11 is 6.59. The maximum Gasteiger partial charge on any atom is 0.306 e. The van der Waals surface area contributed by atoms with Crippen molar-refractivity contribution in [2.24, 2.45) is 0 Å². The monoisotopic (exact) mass is 295 g/mol. The van der Waals surface area contributed by atoms with Crippen molar-refractivity contribution in [3.05, 3.63) is 30.6 Å². The maximum absolute atomic E-state index is 11.2. The first-order valence-corrected chi connectivity index (χ1v) is 7.17. The number of aromatic nitrogens is 1. The Labute approximate surface area is 122 Å². The molecule has 0 saturated carbocycles. The number of hydrogen-bond donors (Lipinski definition) is 1. The number of esters is 1. The molecule has 0 amide bonds. The van der Waals surface area contributed by atoms with E-state index in [0.29, 0.717) is 28.7 Å². The fourth-order valence-electron chi connectivity index (χ4n) is 1.30. The molecule has 100 valence electrons. The number of hydrogen-bond acceptors (Lipinski definition) is 5. The zero-order valence-electron chi connectivity index (χ0n) is 10.6. The first kappa shape index (κ1) is 15.6. The summed E-state index contributed by atoms with van der Waals surface area (Å²) in [7, 11) is 0. The highest BCUT2D eigenvalue weighted by molar-refractivity contribution is 8.24. The summed E-state index contributed by atoms with van der Waals surface area (Å²) in [4.78, 5) is 11.2. The molecule has 0 bridgehead atoms. The molecule has 0 atom stereocenters. The van der Waals surface area contributed by atoms with Gasteiger partial charge in [0.25, 0.3) is 5.70 Å². The second-order valence-corrected chi connectivity index (χ2v) is 5.22. The molecule has 1 aromatic rings. The molecule has 0 radical (unpaired) electrons. The Morgan fingerprint density at radius 3 is 2.68 bits per heavy atom. The Bertz CT molecular complexity index is 497. The standard InChI is InChI=1S/C13H15N2O2S2/c1-2-17-12(16)6-9-19-13(18)11(10-14)15-7-4-3-5-8-15/h3-5,7-8,14H,2,6,9H2,1H3/q+1. The highest BCUT2D eigenvalue weighted by Crippen LogP contribution is 2.12. The molecule has 4 nitrogen and oxygen atoms in total. The lowest BCUT2D eigenvalue weighted by Crippen LogP contribution is -2.34. The van der Waals surface area contributed by atoms with Crippen LogP contribution in [0.1, 0.15) is 13.3 Å². The molecule has 6 heteroatoms. The van der Waals surface area contributed by atoms with Crippen molar-refractivity contribution in [2.45, 2.75) is 13.3 Å². The number of thiocarbonyl (C=S) groups is 1. The third-order valence-electron chi connectivity index (χ3n) is 2.13. The topological polar surface area (TPSA) is 54.0 Å². The second-order valence-electron chi connectivity index (χ2n) is 3.45.